The number of nitrogens with zero attached hydrogens (tertiary/aromatic N) is 5. The molecule has 0 saturated carbocycles. The third-order valence-electron chi connectivity index (χ3n) is 8.47. The van der Waals surface area contributed by atoms with Gasteiger partial charge in [0.05, 0.1) is 11.3 Å². The molecule has 2 aromatic rings. The van der Waals surface area contributed by atoms with Crippen molar-refractivity contribution in [3.8, 4) is 0 Å². The Kier molecular flexibility index (Phi) is 8.26. The zero-order valence-electron chi connectivity index (χ0n) is 22.3. The van der Waals surface area contributed by atoms with Crippen molar-refractivity contribution < 1.29 is 18.0 Å². The molecule has 0 radical (unpaired) electrons. The smallest absolute Gasteiger partial charge is 0.357 e. The number of piperidine rings is 2. The van der Waals surface area contributed by atoms with Crippen molar-refractivity contribution in [1.29, 1.82) is 0 Å². The summed E-state index contributed by atoms with van der Waals surface area (Å²) in [5.74, 6) is 1.01. The maximum Gasteiger partial charge on any atom is 0.416 e. The van der Waals surface area contributed by atoms with Crippen molar-refractivity contribution in [1.82, 2.24) is 25.0 Å². The Hall–Kier alpha value is -2.62. The van der Waals surface area contributed by atoms with Gasteiger partial charge in [0, 0.05) is 64.1 Å². The van der Waals surface area contributed by atoms with Gasteiger partial charge in [-0.1, -0.05) is 0 Å². The van der Waals surface area contributed by atoms with Crippen LogP contribution in [0.2, 0.25) is 0 Å². The summed E-state index contributed by atoms with van der Waals surface area (Å²) in [4.78, 5) is 20.0. The van der Waals surface area contributed by atoms with Gasteiger partial charge in [-0.3, -0.25) is 14.4 Å². The molecule has 3 aliphatic rings. The monoisotopic (exact) mass is 532 g/mol. The summed E-state index contributed by atoms with van der Waals surface area (Å²) in [7, 11) is 0. The second-order valence-electron chi connectivity index (χ2n) is 11.2. The number of halogens is 3. The number of alkyl halides is 3. The second-order valence-corrected chi connectivity index (χ2v) is 11.2. The zero-order valence-corrected chi connectivity index (χ0v) is 22.3. The van der Waals surface area contributed by atoms with E-state index in [0.717, 1.165) is 90.3 Å². The lowest BCUT2D eigenvalue weighted by molar-refractivity contribution is -0.137. The molecule has 0 atom stereocenters. The van der Waals surface area contributed by atoms with Gasteiger partial charge in [0.1, 0.15) is 5.82 Å². The van der Waals surface area contributed by atoms with Crippen LogP contribution >= 0.6 is 0 Å². The lowest BCUT2D eigenvalue weighted by Gasteiger charge is -2.33. The molecular weight excluding hydrogens is 493 g/mol. The predicted molar refractivity (Wildman–Crippen MR) is 140 cm³/mol. The first kappa shape index (κ1) is 27.0. The molecule has 2 aromatic heterocycles. The van der Waals surface area contributed by atoms with Crippen LogP contribution in [0.3, 0.4) is 0 Å². The number of carbonyl (C=O) groups is 1. The van der Waals surface area contributed by atoms with E-state index < -0.39 is 11.7 Å². The Bertz CT molecular complexity index is 1100. The van der Waals surface area contributed by atoms with Gasteiger partial charge in [-0.25, -0.2) is 4.98 Å². The van der Waals surface area contributed by atoms with Crippen molar-refractivity contribution in [3.63, 3.8) is 0 Å². The minimum Gasteiger partial charge on any atom is -0.357 e. The quantitative estimate of drug-likeness (QED) is 0.566. The number of aromatic nitrogens is 3. The summed E-state index contributed by atoms with van der Waals surface area (Å²) in [5.41, 5.74) is 3.44. The number of hydrogen-bond donors (Lipinski definition) is 1. The standard InChI is InChI=1S/C28H39F3N6O/c1-20(38)33-23-10-13-35(14-11-23)19-25-24-4-2-3-5-26(24)37(34-25)17-9-21-7-15-36(16-8-21)27-18-22(6-12-32-27)28(29,30)31/h6,12,18,21,23H,2-5,7-11,13-17,19H2,1H3,(H,33,38). The molecule has 38 heavy (non-hydrogen) atoms. The van der Waals surface area contributed by atoms with Gasteiger partial charge in [-0.2, -0.15) is 18.3 Å². The molecule has 7 nitrogen and oxygen atoms in total. The summed E-state index contributed by atoms with van der Waals surface area (Å²) >= 11 is 0. The highest BCUT2D eigenvalue weighted by Crippen LogP contribution is 2.33. The molecule has 0 aromatic carbocycles. The van der Waals surface area contributed by atoms with E-state index >= 15 is 0 Å². The topological polar surface area (TPSA) is 66.3 Å². The van der Waals surface area contributed by atoms with Gasteiger partial charge >= 0.3 is 6.18 Å². The lowest BCUT2D eigenvalue weighted by atomic mass is 9.93. The van der Waals surface area contributed by atoms with E-state index in [2.05, 4.69) is 19.9 Å². The highest BCUT2D eigenvalue weighted by molar-refractivity contribution is 5.73. The number of fused-ring (bicyclic) bond motifs is 1. The number of hydrogen-bond acceptors (Lipinski definition) is 5. The van der Waals surface area contributed by atoms with Crippen LogP contribution in [0, 0.1) is 5.92 Å². The molecule has 10 heteroatoms. The molecule has 0 bridgehead atoms. The number of carbonyl (C=O) groups excluding carboxylic acids is 1. The molecule has 4 heterocycles. The van der Waals surface area contributed by atoms with Crippen molar-refractivity contribution in [2.24, 2.45) is 5.92 Å². The maximum absolute atomic E-state index is 13.1. The van der Waals surface area contributed by atoms with Gasteiger partial charge in [0.15, 0.2) is 0 Å². The molecule has 1 N–H and O–H groups in total. The van der Waals surface area contributed by atoms with E-state index in [4.69, 9.17) is 5.10 Å². The van der Waals surface area contributed by atoms with E-state index in [1.807, 2.05) is 4.90 Å². The largest absolute Gasteiger partial charge is 0.416 e. The minimum atomic E-state index is -4.35. The summed E-state index contributed by atoms with van der Waals surface area (Å²) in [6.45, 7) is 6.79. The van der Waals surface area contributed by atoms with E-state index in [9.17, 15) is 18.0 Å². The van der Waals surface area contributed by atoms with E-state index in [1.165, 1.54) is 42.1 Å². The van der Waals surface area contributed by atoms with Crippen LogP contribution in [0.15, 0.2) is 18.3 Å². The zero-order chi connectivity index (χ0) is 26.7. The summed E-state index contributed by atoms with van der Waals surface area (Å²) < 4.78 is 41.6. The Labute approximate surface area is 222 Å². The maximum atomic E-state index is 13.1. The number of anilines is 1. The van der Waals surface area contributed by atoms with Crippen LogP contribution in [0.1, 0.15) is 74.4 Å². The average Bonchev–Trinajstić information content (AvgIpc) is 3.25. The first-order valence-corrected chi connectivity index (χ1v) is 14.1. The van der Waals surface area contributed by atoms with Crippen LogP contribution < -0.4 is 10.2 Å². The van der Waals surface area contributed by atoms with E-state index in [1.54, 1.807) is 6.92 Å². The number of amides is 1. The van der Waals surface area contributed by atoms with Gasteiger partial charge in [0.25, 0.3) is 0 Å². The van der Waals surface area contributed by atoms with Gasteiger partial charge in [-0.05, 0) is 81.4 Å². The van der Waals surface area contributed by atoms with Crippen molar-refractivity contribution in [3.05, 3.63) is 40.8 Å². The Morgan fingerprint density at radius 2 is 1.82 bits per heavy atom. The Balaban J connectivity index is 1.15. The number of likely N-dealkylation sites (tertiary alicyclic amines) is 1. The molecule has 5 rings (SSSR count). The van der Waals surface area contributed by atoms with Gasteiger partial charge in [-0.15, -0.1) is 0 Å². The molecule has 1 aliphatic carbocycles. The SMILES string of the molecule is CC(=O)NC1CCN(Cc2nn(CCC3CCN(c4cc(C(F)(F)F)ccn4)CC3)c3c2CCCC3)CC1. The fraction of sp³-hybridized carbons (Fsp3) is 0.679. The fourth-order valence-corrected chi connectivity index (χ4v) is 6.32. The second kappa shape index (κ2) is 11.6. The van der Waals surface area contributed by atoms with Crippen LogP contribution in [-0.2, 0) is 36.9 Å². The molecule has 2 fully saturated rings. The molecule has 2 saturated heterocycles. The first-order chi connectivity index (χ1) is 18.3. The summed E-state index contributed by atoms with van der Waals surface area (Å²) in [5, 5.41) is 8.16. The number of aryl methyl sites for hydroxylation is 1. The fourth-order valence-electron chi connectivity index (χ4n) is 6.32. The summed E-state index contributed by atoms with van der Waals surface area (Å²) in [6, 6.07) is 2.48. The molecular formula is C28H39F3N6O. The third kappa shape index (κ3) is 6.50. The van der Waals surface area contributed by atoms with Crippen LogP contribution in [0.25, 0.3) is 0 Å². The normalized spacial score (nSPS) is 19.9. The Morgan fingerprint density at radius 1 is 1.08 bits per heavy atom. The highest BCUT2D eigenvalue weighted by atomic mass is 19.4. The number of nitrogens with one attached hydrogen (secondary N) is 1. The van der Waals surface area contributed by atoms with Gasteiger partial charge < -0.3 is 10.2 Å². The first-order valence-electron chi connectivity index (χ1n) is 14.1. The van der Waals surface area contributed by atoms with E-state index in [0.29, 0.717) is 11.7 Å². The van der Waals surface area contributed by atoms with Crippen LogP contribution in [-0.4, -0.2) is 57.8 Å². The van der Waals surface area contributed by atoms with E-state index in [-0.39, 0.29) is 11.9 Å². The van der Waals surface area contributed by atoms with Crippen molar-refractivity contribution in [2.75, 3.05) is 31.1 Å². The van der Waals surface area contributed by atoms with Crippen LogP contribution in [0.5, 0.6) is 0 Å². The number of pyridine rings is 1. The van der Waals surface area contributed by atoms with Crippen molar-refractivity contribution in [2.45, 2.75) is 90.0 Å². The average molecular weight is 533 g/mol. The number of rotatable bonds is 7. The molecule has 0 unspecified atom stereocenters. The highest BCUT2D eigenvalue weighted by Gasteiger charge is 2.32. The minimum absolute atomic E-state index is 0.0502. The van der Waals surface area contributed by atoms with Crippen LogP contribution in [0.4, 0.5) is 19.0 Å². The molecule has 208 valence electrons. The molecule has 0 spiro atoms. The molecule has 2 aliphatic heterocycles. The van der Waals surface area contributed by atoms with Crippen molar-refractivity contribution >= 4 is 11.7 Å². The predicted octanol–water partition coefficient (Wildman–Crippen LogP) is 4.58. The third-order valence-corrected chi connectivity index (χ3v) is 8.47. The Morgan fingerprint density at radius 3 is 2.53 bits per heavy atom. The van der Waals surface area contributed by atoms with Gasteiger partial charge in [0.2, 0.25) is 5.91 Å². The molecule has 1 amide bonds. The summed E-state index contributed by atoms with van der Waals surface area (Å²) in [6.07, 6.45) is 6.46. The lowest BCUT2D eigenvalue weighted by Crippen LogP contribution is -2.43.